The Morgan fingerprint density at radius 2 is 2.31 bits per heavy atom. The molecule has 1 fully saturated rings. The van der Waals surface area contributed by atoms with Crippen LogP contribution < -0.4 is 5.73 Å². The van der Waals surface area contributed by atoms with Gasteiger partial charge in [0.2, 0.25) is 0 Å². The predicted octanol–water partition coefficient (Wildman–Crippen LogP) is 3.53. The summed E-state index contributed by atoms with van der Waals surface area (Å²) in [6.45, 7) is 1.45. The number of nitrogens with two attached hydrogens (primary N) is 1. The minimum atomic E-state index is 0.0550. The van der Waals surface area contributed by atoms with E-state index in [4.69, 9.17) is 22.1 Å². The topological polar surface area (TPSA) is 35.2 Å². The zero-order valence-electron chi connectivity index (χ0n) is 8.96. The van der Waals surface area contributed by atoms with Gasteiger partial charge in [-0.1, -0.05) is 33.6 Å². The number of hydrogen-bond donors (Lipinski definition) is 1. The average molecular weight is 305 g/mol. The van der Waals surface area contributed by atoms with Gasteiger partial charge in [-0.15, -0.1) is 0 Å². The maximum absolute atomic E-state index is 6.23. The largest absolute Gasteiger partial charge is 0.373 e. The minimum Gasteiger partial charge on any atom is -0.373 e. The summed E-state index contributed by atoms with van der Waals surface area (Å²) in [5.74, 6) is 0.382. The molecule has 0 spiro atoms. The smallest absolute Gasteiger partial charge is 0.0879 e. The van der Waals surface area contributed by atoms with E-state index < -0.39 is 0 Å². The molecular formula is C12H15BrClNO. The zero-order valence-corrected chi connectivity index (χ0v) is 11.3. The second-order valence-electron chi connectivity index (χ2n) is 4.10. The molecule has 2 atom stereocenters. The molecule has 2 rings (SSSR count). The van der Waals surface area contributed by atoms with Crippen molar-refractivity contribution in [3.63, 3.8) is 0 Å². The summed E-state index contributed by atoms with van der Waals surface area (Å²) in [4.78, 5) is 0. The lowest BCUT2D eigenvalue weighted by Crippen LogP contribution is -2.28. The molecule has 0 amide bonds. The Kier molecular flexibility index (Phi) is 4.25. The molecule has 0 saturated carbocycles. The fraction of sp³-hybridized carbons (Fsp3) is 0.500. The van der Waals surface area contributed by atoms with Gasteiger partial charge in [0.05, 0.1) is 6.10 Å². The van der Waals surface area contributed by atoms with Crippen LogP contribution in [0.3, 0.4) is 0 Å². The van der Waals surface area contributed by atoms with Gasteiger partial charge in [-0.3, -0.25) is 0 Å². The van der Waals surface area contributed by atoms with Crippen LogP contribution in [0.15, 0.2) is 22.7 Å². The van der Waals surface area contributed by atoms with Gasteiger partial charge in [0.1, 0.15) is 0 Å². The van der Waals surface area contributed by atoms with Crippen LogP contribution in [0.1, 0.15) is 24.5 Å². The molecule has 1 heterocycles. The maximum Gasteiger partial charge on any atom is 0.0879 e. The first-order chi connectivity index (χ1) is 7.72. The summed E-state index contributed by atoms with van der Waals surface area (Å²) in [7, 11) is 0. The summed E-state index contributed by atoms with van der Waals surface area (Å²) in [6.07, 6.45) is 2.26. The summed E-state index contributed by atoms with van der Waals surface area (Å²) < 4.78 is 6.80. The molecule has 1 aromatic rings. The molecule has 16 heavy (non-hydrogen) atoms. The van der Waals surface area contributed by atoms with E-state index in [1.807, 2.05) is 18.2 Å². The van der Waals surface area contributed by atoms with Crippen LogP contribution in [0.5, 0.6) is 0 Å². The van der Waals surface area contributed by atoms with E-state index in [-0.39, 0.29) is 6.10 Å². The van der Waals surface area contributed by atoms with Gasteiger partial charge >= 0.3 is 0 Å². The molecule has 88 valence electrons. The van der Waals surface area contributed by atoms with Crippen molar-refractivity contribution in [2.75, 3.05) is 13.2 Å². The number of benzene rings is 1. The van der Waals surface area contributed by atoms with Crippen LogP contribution in [-0.4, -0.2) is 13.2 Å². The van der Waals surface area contributed by atoms with Crippen LogP contribution in [0.25, 0.3) is 0 Å². The lowest BCUT2D eigenvalue weighted by atomic mass is 9.89. The monoisotopic (exact) mass is 303 g/mol. The fourth-order valence-electron chi connectivity index (χ4n) is 2.16. The Bertz CT molecular complexity index is 372. The van der Waals surface area contributed by atoms with Gasteiger partial charge in [-0.2, -0.15) is 0 Å². The van der Waals surface area contributed by atoms with Gasteiger partial charge < -0.3 is 10.5 Å². The first-order valence-electron chi connectivity index (χ1n) is 5.49. The van der Waals surface area contributed by atoms with E-state index in [2.05, 4.69) is 15.9 Å². The van der Waals surface area contributed by atoms with Crippen molar-refractivity contribution in [2.45, 2.75) is 18.9 Å². The third-order valence-electron chi connectivity index (χ3n) is 3.02. The quantitative estimate of drug-likeness (QED) is 0.907. The highest BCUT2D eigenvalue weighted by atomic mass is 79.9. The lowest BCUT2D eigenvalue weighted by molar-refractivity contribution is -0.0251. The van der Waals surface area contributed by atoms with Crippen LogP contribution in [-0.2, 0) is 4.74 Å². The number of halogens is 2. The summed E-state index contributed by atoms with van der Waals surface area (Å²) in [5.41, 5.74) is 6.83. The highest BCUT2D eigenvalue weighted by Gasteiger charge is 2.27. The molecular weight excluding hydrogens is 289 g/mol. The molecule has 2 N–H and O–H groups in total. The first-order valence-corrected chi connectivity index (χ1v) is 6.66. The van der Waals surface area contributed by atoms with Crippen LogP contribution in [0.4, 0.5) is 0 Å². The molecule has 4 heteroatoms. The van der Waals surface area contributed by atoms with E-state index in [1.54, 1.807) is 0 Å². The molecule has 1 saturated heterocycles. The Labute approximate surface area is 109 Å². The molecule has 0 bridgehead atoms. The van der Waals surface area contributed by atoms with Gasteiger partial charge in [0.25, 0.3) is 0 Å². The van der Waals surface area contributed by atoms with Gasteiger partial charge in [-0.25, -0.2) is 0 Å². The third-order valence-corrected chi connectivity index (χ3v) is 3.84. The summed E-state index contributed by atoms with van der Waals surface area (Å²) >= 11 is 9.64. The van der Waals surface area contributed by atoms with E-state index in [9.17, 15) is 0 Å². The van der Waals surface area contributed by atoms with Crippen molar-refractivity contribution < 1.29 is 4.74 Å². The standard InChI is InChI=1S/C12H15BrClNO/c13-9-3-4-10(11(14)6-9)12-8(7-15)2-1-5-16-12/h3-4,6,8,12H,1-2,5,7,15H2. The van der Waals surface area contributed by atoms with Crippen molar-refractivity contribution in [3.8, 4) is 0 Å². The highest BCUT2D eigenvalue weighted by Crippen LogP contribution is 2.37. The number of ether oxygens (including phenoxy) is 1. The predicted molar refractivity (Wildman–Crippen MR) is 69.6 cm³/mol. The fourth-order valence-corrected chi connectivity index (χ4v) is 2.94. The third kappa shape index (κ3) is 2.59. The number of rotatable bonds is 2. The van der Waals surface area contributed by atoms with Crippen molar-refractivity contribution in [2.24, 2.45) is 11.7 Å². The molecule has 2 nitrogen and oxygen atoms in total. The summed E-state index contributed by atoms with van der Waals surface area (Å²) in [5, 5.41) is 0.750. The second-order valence-corrected chi connectivity index (χ2v) is 5.42. The molecule has 1 aromatic carbocycles. The molecule has 2 unspecified atom stereocenters. The highest BCUT2D eigenvalue weighted by molar-refractivity contribution is 9.10. The average Bonchev–Trinajstić information content (AvgIpc) is 2.29. The lowest BCUT2D eigenvalue weighted by Gasteiger charge is -2.31. The molecule has 0 aliphatic carbocycles. The van der Waals surface area contributed by atoms with Crippen LogP contribution >= 0.6 is 27.5 Å². The SMILES string of the molecule is NCC1CCCOC1c1ccc(Br)cc1Cl. The Hall–Kier alpha value is -0.0900. The van der Waals surface area contributed by atoms with Crippen molar-refractivity contribution in [1.82, 2.24) is 0 Å². The first kappa shape index (κ1) is 12.4. The van der Waals surface area contributed by atoms with E-state index in [1.165, 1.54) is 0 Å². The zero-order chi connectivity index (χ0) is 11.5. The van der Waals surface area contributed by atoms with E-state index in [0.717, 1.165) is 34.5 Å². The molecule has 1 aliphatic heterocycles. The van der Waals surface area contributed by atoms with Gasteiger partial charge in [0, 0.05) is 22.0 Å². The van der Waals surface area contributed by atoms with Crippen molar-refractivity contribution >= 4 is 27.5 Å². The molecule has 1 aliphatic rings. The normalized spacial score (nSPS) is 25.7. The molecule has 0 radical (unpaired) electrons. The number of hydrogen-bond acceptors (Lipinski definition) is 2. The Morgan fingerprint density at radius 3 is 3.00 bits per heavy atom. The molecule has 0 aromatic heterocycles. The summed E-state index contributed by atoms with van der Waals surface area (Å²) in [6, 6.07) is 5.92. The minimum absolute atomic E-state index is 0.0550. The maximum atomic E-state index is 6.23. The van der Waals surface area contributed by atoms with Crippen molar-refractivity contribution in [1.29, 1.82) is 0 Å². The van der Waals surface area contributed by atoms with Crippen molar-refractivity contribution in [3.05, 3.63) is 33.3 Å². The van der Waals surface area contributed by atoms with E-state index >= 15 is 0 Å². The van der Waals surface area contributed by atoms with Gasteiger partial charge in [0.15, 0.2) is 0 Å². The Balaban J connectivity index is 2.27. The van der Waals surface area contributed by atoms with E-state index in [0.29, 0.717) is 12.5 Å². The Morgan fingerprint density at radius 1 is 1.50 bits per heavy atom. The van der Waals surface area contributed by atoms with Crippen LogP contribution in [0.2, 0.25) is 5.02 Å². The van der Waals surface area contributed by atoms with Gasteiger partial charge in [-0.05, 0) is 37.1 Å². The van der Waals surface area contributed by atoms with Crippen LogP contribution in [0, 0.1) is 5.92 Å². The second kappa shape index (κ2) is 5.50.